The maximum Gasteiger partial charge on any atom is 0.323 e. The van der Waals surface area contributed by atoms with Crippen LogP contribution >= 0.6 is 0 Å². The van der Waals surface area contributed by atoms with Crippen LogP contribution in [0.4, 0.5) is 0 Å². The van der Waals surface area contributed by atoms with Gasteiger partial charge in [0.25, 0.3) is 11.8 Å². The molecule has 0 aliphatic carbocycles. The highest BCUT2D eigenvalue weighted by Gasteiger charge is 2.30. The quantitative estimate of drug-likeness (QED) is 0.481. The van der Waals surface area contributed by atoms with Crippen molar-refractivity contribution in [1.29, 1.82) is 0 Å². The molecule has 1 aliphatic rings. The standard InChI is InChI=1S/C8H8N2O6/c11-5-1-2-6(12)10(5)9-4(8(15)16)3-7(13)14/h1-2,4,9H,3H2,(H,13,14)(H,15,16)/t4-/m0/s1. The zero-order valence-electron chi connectivity index (χ0n) is 7.91. The van der Waals surface area contributed by atoms with Crippen LogP contribution in [-0.2, 0) is 19.2 Å². The first-order valence-electron chi connectivity index (χ1n) is 4.18. The Kier molecular flexibility index (Phi) is 3.36. The van der Waals surface area contributed by atoms with Crippen molar-refractivity contribution >= 4 is 23.8 Å². The van der Waals surface area contributed by atoms with Gasteiger partial charge < -0.3 is 10.2 Å². The van der Waals surface area contributed by atoms with Gasteiger partial charge in [-0.1, -0.05) is 0 Å². The lowest BCUT2D eigenvalue weighted by atomic mass is 10.2. The highest BCUT2D eigenvalue weighted by atomic mass is 16.4. The number of nitrogens with one attached hydrogen (secondary N) is 1. The number of carbonyl (C=O) groups is 4. The third kappa shape index (κ3) is 2.64. The predicted octanol–water partition coefficient (Wildman–Crippen LogP) is -1.66. The van der Waals surface area contributed by atoms with Crippen molar-refractivity contribution in [3.05, 3.63) is 12.2 Å². The van der Waals surface area contributed by atoms with Gasteiger partial charge in [0.1, 0.15) is 6.04 Å². The van der Waals surface area contributed by atoms with Crippen LogP contribution in [-0.4, -0.2) is 45.0 Å². The van der Waals surface area contributed by atoms with Gasteiger partial charge in [-0.05, 0) is 0 Å². The SMILES string of the molecule is O=C(O)C[C@H](NN1C(=O)C=CC1=O)C(=O)O. The summed E-state index contributed by atoms with van der Waals surface area (Å²) in [6.45, 7) is 0. The molecule has 0 aromatic rings. The number of hydrogen-bond acceptors (Lipinski definition) is 5. The molecule has 0 aromatic carbocycles. The van der Waals surface area contributed by atoms with Crippen molar-refractivity contribution < 1.29 is 29.4 Å². The molecular formula is C8H8N2O6. The number of carbonyl (C=O) groups excluding carboxylic acids is 2. The zero-order chi connectivity index (χ0) is 12.3. The number of rotatable bonds is 5. The molecule has 8 heteroatoms. The first kappa shape index (κ1) is 11.9. The van der Waals surface area contributed by atoms with E-state index in [-0.39, 0.29) is 0 Å². The van der Waals surface area contributed by atoms with Crippen molar-refractivity contribution in [3.63, 3.8) is 0 Å². The van der Waals surface area contributed by atoms with E-state index in [4.69, 9.17) is 10.2 Å². The topological polar surface area (TPSA) is 124 Å². The largest absolute Gasteiger partial charge is 0.481 e. The number of imide groups is 1. The molecule has 0 radical (unpaired) electrons. The van der Waals surface area contributed by atoms with Crippen molar-refractivity contribution in [3.8, 4) is 0 Å². The van der Waals surface area contributed by atoms with E-state index in [9.17, 15) is 19.2 Å². The van der Waals surface area contributed by atoms with E-state index in [0.717, 1.165) is 12.2 Å². The molecule has 3 N–H and O–H groups in total. The number of nitrogens with zero attached hydrogens (tertiary/aromatic N) is 1. The van der Waals surface area contributed by atoms with Gasteiger partial charge in [0.05, 0.1) is 6.42 Å². The fourth-order valence-electron chi connectivity index (χ4n) is 1.05. The van der Waals surface area contributed by atoms with E-state index >= 15 is 0 Å². The lowest BCUT2D eigenvalue weighted by molar-refractivity contribution is -0.151. The second-order valence-corrected chi connectivity index (χ2v) is 2.96. The minimum atomic E-state index is -1.54. The van der Waals surface area contributed by atoms with Crippen LogP contribution in [0.1, 0.15) is 6.42 Å². The Labute approximate surface area is 89.1 Å². The summed E-state index contributed by atoms with van der Waals surface area (Å²) in [5.41, 5.74) is 2.04. The number of carboxylic acid groups (broad SMARTS) is 2. The molecule has 8 nitrogen and oxygen atoms in total. The fourth-order valence-corrected chi connectivity index (χ4v) is 1.05. The highest BCUT2D eigenvalue weighted by molar-refractivity contribution is 6.12. The lowest BCUT2D eigenvalue weighted by Gasteiger charge is -2.19. The van der Waals surface area contributed by atoms with Gasteiger partial charge >= 0.3 is 11.9 Å². The van der Waals surface area contributed by atoms with Crippen molar-refractivity contribution in [2.45, 2.75) is 12.5 Å². The summed E-state index contributed by atoms with van der Waals surface area (Å²) in [4.78, 5) is 43.1. The Bertz CT molecular complexity index is 370. The minimum absolute atomic E-state index is 0.460. The number of hydrogen-bond donors (Lipinski definition) is 3. The molecule has 1 rings (SSSR count). The average molecular weight is 228 g/mol. The van der Waals surface area contributed by atoms with E-state index in [1.165, 1.54) is 0 Å². The Balaban J connectivity index is 2.69. The molecule has 0 bridgehead atoms. The maximum absolute atomic E-state index is 11.0. The van der Waals surface area contributed by atoms with Gasteiger partial charge in [-0.25, -0.2) is 10.4 Å². The van der Waals surface area contributed by atoms with Crippen molar-refractivity contribution in [2.75, 3.05) is 0 Å². The van der Waals surface area contributed by atoms with Gasteiger partial charge in [-0.3, -0.25) is 19.2 Å². The Morgan fingerprint density at radius 2 is 1.75 bits per heavy atom. The first-order chi connectivity index (χ1) is 7.41. The molecule has 16 heavy (non-hydrogen) atoms. The third-order valence-electron chi connectivity index (χ3n) is 1.77. The summed E-state index contributed by atoms with van der Waals surface area (Å²) < 4.78 is 0. The molecule has 0 aromatic heterocycles. The van der Waals surface area contributed by atoms with E-state index in [1.54, 1.807) is 0 Å². The van der Waals surface area contributed by atoms with Crippen LogP contribution < -0.4 is 5.43 Å². The van der Waals surface area contributed by atoms with E-state index < -0.39 is 36.2 Å². The number of amides is 2. The van der Waals surface area contributed by atoms with Crippen LogP contribution in [0.15, 0.2) is 12.2 Å². The summed E-state index contributed by atoms with van der Waals surface area (Å²) >= 11 is 0. The normalized spacial score (nSPS) is 16.6. The molecule has 0 spiro atoms. The molecule has 1 heterocycles. The number of hydrazine groups is 1. The Morgan fingerprint density at radius 1 is 1.25 bits per heavy atom. The smallest absolute Gasteiger partial charge is 0.323 e. The average Bonchev–Trinajstić information content (AvgIpc) is 2.47. The van der Waals surface area contributed by atoms with Crippen molar-refractivity contribution in [2.24, 2.45) is 0 Å². The van der Waals surface area contributed by atoms with Crippen LogP contribution in [0.25, 0.3) is 0 Å². The van der Waals surface area contributed by atoms with Gasteiger partial charge in [0.2, 0.25) is 0 Å². The summed E-state index contributed by atoms with van der Waals surface area (Å²) in [5, 5.41) is 17.6. The molecule has 2 amide bonds. The fraction of sp³-hybridized carbons (Fsp3) is 0.250. The molecule has 86 valence electrons. The highest BCUT2D eigenvalue weighted by Crippen LogP contribution is 2.03. The zero-order valence-corrected chi connectivity index (χ0v) is 7.91. The third-order valence-corrected chi connectivity index (χ3v) is 1.77. The van der Waals surface area contributed by atoms with Gasteiger partial charge in [-0.15, -0.1) is 0 Å². The Hall–Kier alpha value is -2.22. The molecule has 0 fully saturated rings. The molecule has 0 saturated heterocycles. The number of carboxylic acids is 2. The lowest BCUT2D eigenvalue weighted by Crippen LogP contribution is -2.51. The molecule has 1 aliphatic heterocycles. The Morgan fingerprint density at radius 3 is 2.12 bits per heavy atom. The van der Waals surface area contributed by atoms with Crippen LogP contribution in [0.5, 0.6) is 0 Å². The van der Waals surface area contributed by atoms with Crippen LogP contribution in [0.3, 0.4) is 0 Å². The molecule has 0 unspecified atom stereocenters. The minimum Gasteiger partial charge on any atom is -0.481 e. The van der Waals surface area contributed by atoms with E-state index in [0.29, 0.717) is 5.01 Å². The predicted molar refractivity (Wildman–Crippen MR) is 47.8 cm³/mol. The molecule has 1 atom stereocenters. The van der Waals surface area contributed by atoms with E-state index in [1.807, 2.05) is 5.43 Å². The molecular weight excluding hydrogens is 220 g/mol. The summed E-state index contributed by atoms with van der Waals surface area (Å²) in [6, 6.07) is -1.54. The van der Waals surface area contributed by atoms with Gasteiger partial charge in [0.15, 0.2) is 0 Å². The monoisotopic (exact) mass is 228 g/mol. The second kappa shape index (κ2) is 4.53. The molecule has 0 saturated carbocycles. The first-order valence-corrected chi connectivity index (χ1v) is 4.18. The summed E-state index contributed by atoms with van der Waals surface area (Å²) in [5.74, 6) is -4.29. The summed E-state index contributed by atoms with van der Waals surface area (Å²) in [6.07, 6.45) is 1.16. The van der Waals surface area contributed by atoms with Crippen LogP contribution in [0.2, 0.25) is 0 Å². The van der Waals surface area contributed by atoms with Gasteiger partial charge in [-0.2, -0.15) is 0 Å². The van der Waals surface area contributed by atoms with E-state index in [2.05, 4.69) is 0 Å². The second-order valence-electron chi connectivity index (χ2n) is 2.96. The maximum atomic E-state index is 11.0. The number of aliphatic carboxylic acids is 2. The van der Waals surface area contributed by atoms with Crippen molar-refractivity contribution in [1.82, 2.24) is 10.4 Å². The summed E-state index contributed by atoms with van der Waals surface area (Å²) in [7, 11) is 0. The van der Waals surface area contributed by atoms with Gasteiger partial charge in [0, 0.05) is 12.2 Å². The van der Waals surface area contributed by atoms with Crippen LogP contribution in [0, 0.1) is 0 Å².